The summed E-state index contributed by atoms with van der Waals surface area (Å²) in [4.78, 5) is 48.4. The van der Waals surface area contributed by atoms with Crippen LogP contribution in [0.25, 0.3) is 44.6 Å². The number of aromatic nitrogens is 6. The topological polar surface area (TPSA) is 160 Å². The third-order valence-corrected chi connectivity index (χ3v) is 8.13. The van der Waals surface area contributed by atoms with Crippen molar-refractivity contribution in [2.45, 2.75) is 19.6 Å². The molecule has 0 aliphatic heterocycles. The van der Waals surface area contributed by atoms with Gasteiger partial charge < -0.3 is 25.6 Å². The van der Waals surface area contributed by atoms with E-state index in [1.54, 1.807) is 72.8 Å². The molecule has 0 aliphatic carbocycles. The lowest BCUT2D eigenvalue weighted by Crippen LogP contribution is -2.31. The van der Waals surface area contributed by atoms with Crippen molar-refractivity contribution in [3.05, 3.63) is 121 Å². The monoisotopic (exact) mass is 649 g/mol. The summed E-state index contributed by atoms with van der Waals surface area (Å²) >= 11 is 0. The largest absolute Gasteiger partial charge is 0.381 e. The number of anilines is 3. The van der Waals surface area contributed by atoms with E-state index in [9.17, 15) is 14.7 Å². The van der Waals surface area contributed by atoms with E-state index in [0.29, 0.717) is 45.4 Å². The summed E-state index contributed by atoms with van der Waals surface area (Å²) in [7, 11) is 1.56. The highest BCUT2D eigenvalue weighted by molar-refractivity contribution is 5.99. The molecule has 0 radical (unpaired) electrons. The second-order valence-electron chi connectivity index (χ2n) is 11.4. The minimum atomic E-state index is -1.45. The number of carbonyl (C=O) groups is 2. The minimum absolute atomic E-state index is 0.105. The lowest BCUT2D eigenvalue weighted by Gasteiger charge is -2.17. The van der Waals surface area contributed by atoms with Gasteiger partial charge in [0.15, 0.2) is 6.10 Å². The van der Waals surface area contributed by atoms with E-state index >= 15 is 0 Å². The molecule has 2 amide bonds. The smallest absolute Gasteiger partial charge is 0.255 e. The Labute approximate surface area is 280 Å². The number of benzene rings is 3. The SMILES string of the molecule is CNC(=O)c1ccc2c(c1)nc(-c1cccc3cccnc13)n2CC(O)C(=O)Nc1ccc(C)c(Nc2nccc(-c3cccnc3)n2)c1. The molecule has 4 N–H and O–H groups in total. The van der Waals surface area contributed by atoms with Gasteiger partial charge in [0.25, 0.3) is 11.8 Å². The van der Waals surface area contributed by atoms with Crippen LogP contribution in [0.4, 0.5) is 17.3 Å². The lowest BCUT2D eigenvalue weighted by atomic mass is 10.1. The number of nitrogens with zero attached hydrogens (tertiary/aromatic N) is 6. The maximum Gasteiger partial charge on any atom is 0.255 e. The molecule has 1 atom stereocenters. The molecule has 4 aromatic heterocycles. The molecule has 4 heterocycles. The van der Waals surface area contributed by atoms with E-state index in [1.165, 1.54) is 0 Å². The van der Waals surface area contributed by atoms with Crippen molar-refractivity contribution in [3.63, 3.8) is 0 Å². The fraction of sp³-hybridized carbons (Fsp3) is 0.108. The van der Waals surface area contributed by atoms with Crippen LogP contribution in [0.1, 0.15) is 15.9 Å². The molecule has 7 rings (SSSR count). The van der Waals surface area contributed by atoms with Gasteiger partial charge in [-0.1, -0.05) is 24.3 Å². The van der Waals surface area contributed by atoms with Gasteiger partial charge in [-0.15, -0.1) is 0 Å². The van der Waals surface area contributed by atoms with E-state index in [-0.39, 0.29) is 12.5 Å². The Balaban J connectivity index is 1.16. The van der Waals surface area contributed by atoms with Gasteiger partial charge in [0, 0.05) is 65.3 Å². The summed E-state index contributed by atoms with van der Waals surface area (Å²) in [5, 5.41) is 20.9. The fourth-order valence-electron chi connectivity index (χ4n) is 5.62. The normalized spacial score (nSPS) is 11.7. The highest BCUT2D eigenvalue weighted by Gasteiger charge is 2.23. The van der Waals surface area contributed by atoms with Gasteiger partial charge in [-0.3, -0.25) is 19.6 Å². The highest BCUT2D eigenvalue weighted by Crippen LogP contribution is 2.31. The van der Waals surface area contributed by atoms with Crippen molar-refractivity contribution in [1.29, 1.82) is 0 Å². The number of aliphatic hydroxyl groups excluding tert-OH is 1. The van der Waals surface area contributed by atoms with Crippen molar-refractivity contribution in [3.8, 4) is 22.6 Å². The van der Waals surface area contributed by atoms with E-state index in [0.717, 1.165) is 27.6 Å². The average molecular weight is 650 g/mol. The van der Waals surface area contributed by atoms with Crippen molar-refractivity contribution in [1.82, 2.24) is 34.8 Å². The Kier molecular flexibility index (Phi) is 8.44. The Morgan fingerprint density at radius 2 is 1.76 bits per heavy atom. The second-order valence-corrected chi connectivity index (χ2v) is 11.4. The van der Waals surface area contributed by atoms with Crippen LogP contribution in [0.5, 0.6) is 0 Å². The summed E-state index contributed by atoms with van der Waals surface area (Å²) in [5.41, 5.74) is 6.73. The molecule has 0 fully saturated rings. The molecule has 0 saturated carbocycles. The second kappa shape index (κ2) is 13.3. The molecule has 1 unspecified atom stereocenters. The Bertz CT molecular complexity index is 2330. The number of fused-ring (bicyclic) bond motifs is 2. The Morgan fingerprint density at radius 3 is 2.59 bits per heavy atom. The van der Waals surface area contributed by atoms with Crippen LogP contribution in [0.2, 0.25) is 0 Å². The van der Waals surface area contributed by atoms with E-state index in [4.69, 9.17) is 4.98 Å². The first-order chi connectivity index (χ1) is 23.9. The zero-order chi connectivity index (χ0) is 33.9. The molecule has 0 bridgehead atoms. The Hall–Kier alpha value is -6.53. The third-order valence-electron chi connectivity index (χ3n) is 8.13. The maximum absolute atomic E-state index is 13.5. The van der Waals surface area contributed by atoms with E-state index in [2.05, 4.69) is 35.9 Å². The molecule has 7 aromatic rings. The molecule has 0 spiro atoms. The minimum Gasteiger partial charge on any atom is -0.381 e. The van der Waals surface area contributed by atoms with Crippen LogP contribution < -0.4 is 16.0 Å². The average Bonchev–Trinajstić information content (AvgIpc) is 3.49. The van der Waals surface area contributed by atoms with Crippen LogP contribution >= 0.6 is 0 Å². The van der Waals surface area contributed by atoms with Gasteiger partial charge >= 0.3 is 0 Å². The first-order valence-electron chi connectivity index (χ1n) is 15.5. The van der Waals surface area contributed by atoms with Crippen LogP contribution in [-0.4, -0.2) is 59.6 Å². The number of hydrogen-bond donors (Lipinski definition) is 4. The predicted molar refractivity (Wildman–Crippen MR) is 188 cm³/mol. The molecule has 49 heavy (non-hydrogen) atoms. The number of carbonyl (C=O) groups excluding carboxylic acids is 2. The summed E-state index contributed by atoms with van der Waals surface area (Å²) in [5.74, 6) is 0.0462. The number of para-hydroxylation sites is 1. The summed E-state index contributed by atoms with van der Waals surface area (Å²) < 4.78 is 1.78. The number of amides is 2. The van der Waals surface area contributed by atoms with Gasteiger partial charge in [-0.25, -0.2) is 15.0 Å². The van der Waals surface area contributed by atoms with Crippen LogP contribution in [-0.2, 0) is 11.3 Å². The number of imidazole rings is 1. The fourth-order valence-corrected chi connectivity index (χ4v) is 5.62. The summed E-state index contributed by atoms with van der Waals surface area (Å²) in [6.07, 6.45) is 5.35. The number of aliphatic hydroxyl groups is 1. The van der Waals surface area contributed by atoms with Crippen molar-refractivity contribution in [2.75, 3.05) is 17.7 Å². The molecule has 0 saturated heterocycles. The third kappa shape index (κ3) is 6.40. The van der Waals surface area contributed by atoms with Crippen LogP contribution in [0.15, 0.2) is 110 Å². The zero-order valence-electron chi connectivity index (χ0n) is 26.6. The van der Waals surface area contributed by atoms with Gasteiger partial charge in [-0.2, -0.15) is 0 Å². The zero-order valence-corrected chi connectivity index (χ0v) is 26.6. The summed E-state index contributed by atoms with van der Waals surface area (Å²) in [6, 6.07) is 25.7. The number of pyridine rings is 2. The number of aryl methyl sites for hydroxylation is 1. The standard InChI is InChI=1S/C37H31N9O3/c1-22-10-12-26(19-29(22)45-37-41-17-14-28(44-37)25-8-4-15-39-20-25)42-36(49)32(47)21-46-31-13-11-24(35(48)38-2)18-30(31)43-34(46)27-9-3-6-23-7-5-16-40-33(23)27/h3-20,32,47H,21H2,1-2H3,(H,38,48)(H,42,49)(H,41,44,45). The first-order valence-corrected chi connectivity index (χ1v) is 15.5. The number of nitrogens with one attached hydrogen (secondary N) is 3. The van der Waals surface area contributed by atoms with Gasteiger partial charge in [0.05, 0.1) is 28.8 Å². The molecule has 3 aromatic carbocycles. The molecule has 0 aliphatic rings. The van der Waals surface area contributed by atoms with Gasteiger partial charge in [0.1, 0.15) is 5.82 Å². The van der Waals surface area contributed by atoms with Gasteiger partial charge in [0.2, 0.25) is 5.95 Å². The van der Waals surface area contributed by atoms with E-state index < -0.39 is 12.0 Å². The van der Waals surface area contributed by atoms with Crippen LogP contribution in [0, 0.1) is 6.92 Å². The molecule has 12 nitrogen and oxygen atoms in total. The van der Waals surface area contributed by atoms with Crippen molar-refractivity contribution < 1.29 is 14.7 Å². The first kappa shape index (κ1) is 31.1. The van der Waals surface area contributed by atoms with Crippen molar-refractivity contribution in [2.24, 2.45) is 0 Å². The molecular formula is C37H31N9O3. The van der Waals surface area contributed by atoms with Crippen LogP contribution in [0.3, 0.4) is 0 Å². The molecular weight excluding hydrogens is 618 g/mol. The lowest BCUT2D eigenvalue weighted by molar-refractivity contribution is -0.124. The number of rotatable bonds is 9. The maximum atomic E-state index is 13.5. The Morgan fingerprint density at radius 1 is 0.898 bits per heavy atom. The quantitative estimate of drug-likeness (QED) is 0.158. The summed E-state index contributed by atoms with van der Waals surface area (Å²) in [6.45, 7) is 1.82. The molecule has 242 valence electrons. The van der Waals surface area contributed by atoms with E-state index in [1.807, 2.05) is 55.5 Å². The number of hydrogen-bond acceptors (Lipinski definition) is 9. The van der Waals surface area contributed by atoms with Gasteiger partial charge in [-0.05, 0) is 73.2 Å². The highest BCUT2D eigenvalue weighted by atomic mass is 16.3. The predicted octanol–water partition coefficient (Wildman–Crippen LogP) is 5.51. The molecule has 12 heteroatoms. The van der Waals surface area contributed by atoms with Crippen molar-refractivity contribution >= 4 is 51.1 Å².